The summed E-state index contributed by atoms with van der Waals surface area (Å²) in [5, 5.41) is 0.589. The Hall–Kier alpha value is -0.690. The Labute approximate surface area is 236 Å². The van der Waals surface area contributed by atoms with Gasteiger partial charge in [-0.3, -0.25) is 4.79 Å². The van der Waals surface area contributed by atoms with E-state index in [9.17, 15) is 17.6 Å². The van der Waals surface area contributed by atoms with Crippen molar-refractivity contribution in [2.45, 2.75) is 35.9 Å². The van der Waals surface area contributed by atoms with Crippen molar-refractivity contribution in [2.75, 3.05) is 0 Å². The number of hydrogen-bond donors (Lipinski definition) is 1. The lowest BCUT2D eigenvalue weighted by molar-refractivity contribution is -0.119. The van der Waals surface area contributed by atoms with Crippen LogP contribution in [0.5, 0.6) is 0 Å². The van der Waals surface area contributed by atoms with Crippen LogP contribution in [0.4, 0.5) is 4.39 Å². The van der Waals surface area contributed by atoms with Gasteiger partial charge in [-0.1, -0.05) is 55.5 Å². The number of hydrogen-bond acceptors (Lipinski definition) is 4. The number of rotatable bonds is 7. The Bertz CT molecular complexity index is 1460. The van der Waals surface area contributed by atoms with E-state index < -0.39 is 42.5 Å². The molecule has 0 spiro atoms. The van der Waals surface area contributed by atoms with E-state index in [-0.39, 0.29) is 37.7 Å². The Morgan fingerprint density at radius 3 is 2.66 bits per heavy atom. The molecule has 1 N–H and O–H groups in total. The predicted molar refractivity (Wildman–Crippen MR) is 152 cm³/mol. The van der Waals surface area contributed by atoms with Crippen LogP contribution in [0.1, 0.15) is 17.5 Å². The normalized spacial score (nSPS) is 18.4. The van der Waals surface area contributed by atoms with Crippen molar-refractivity contribution >= 4 is 109 Å². The van der Waals surface area contributed by atoms with Gasteiger partial charge in [0, 0.05) is 30.5 Å². The quantitative estimate of drug-likeness (QED) is 0.213. The van der Waals surface area contributed by atoms with Crippen LogP contribution in [0.2, 0.25) is 9.36 Å². The third kappa shape index (κ3) is 6.25. The smallest absolute Gasteiger partial charge is 0.273 e. The summed E-state index contributed by atoms with van der Waals surface area (Å²) in [6.45, 7) is 2.48. The first kappa shape index (κ1) is 27.3. The number of aromatic nitrogens is 1. The van der Waals surface area contributed by atoms with Crippen molar-refractivity contribution in [3.63, 3.8) is 0 Å². The number of sulfonamides is 1. The minimum atomic E-state index is -4.11. The second-order valence-corrected chi connectivity index (χ2v) is 16.0. The topological polar surface area (TPSA) is 68.2 Å². The zero-order valence-corrected chi connectivity index (χ0v) is 24.8. The molecule has 0 bridgehead atoms. The van der Waals surface area contributed by atoms with E-state index in [1.165, 1.54) is 18.2 Å². The van der Waals surface area contributed by atoms with Crippen molar-refractivity contribution in [1.29, 1.82) is 0 Å². The molecule has 5 nitrogen and oxygen atoms in total. The van der Waals surface area contributed by atoms with Crippen LogP contribution in [-0.2, 0) is 27.8 Å². The summed E-state index contributed by atoms with van der Waals surface area (Å²) < 4.78 is 46.4. The van der Waals surface area contributed by atoms with Gasteiger partial charge in [0.2, 0.25) is 5.91 Å². The highest BCUT2D eigenvalue weighted by atomic mass is 127. The molecule has 1 aliphatic rings. The van der Waals surface area contributed by atoms with E-state index in [1.54, 1.807) is 0 Å². The highest BCUT2D eigenvalue weighted by molar-refractivity contribution is 14.2. The van der Waals surface area contributed by atoms with Gasteiger partial charge in [-0.05, 0) is 52.8 Å². The molecular weight excluding hydrogens is 692 g/mol. The molecule has 13 heteroatoms. The molecule has 0 aliphatic carbocycles. The van der Waals surface area contributed by atoms with Gasteiger partial charge in [-0.15, -0.1) is 22.9 Å². The number of nitrogens with one attached hydrogen (secondary N) is 1. The molecule has 2 aromatic heterocycles. The first-order valence-electron chi connectivity index (χ1n) is 10.2. The van der Waals surface area contributed by atoms with Gasteiger partial charge in [0.05, 0.1) is 19.0 Å². The molecule has 3 heterocycles. The van der Waals surface area contributed by atoms with E-state index in [0.29, 0.717) is 12.1 Å². The van der Waals surface area contributed by atoms with Crippen LogP contribution in [0.25, 0.3) is 10.9 Å². The molecule has 0 saturated carbocycles. The molecular formula is C22H18Cl4FIN2O3S2. The van der Waals surface area contributed by atoms with E-state index in [4.69, 9.17) is 46.4 Å². The van der Waals surface area contributed by atoms with E-state index in [1.807, 2.05) is 28.5 Å². The standard InChI is InChI=1S/C22H18Cl4FIN2O3S2/c1-11-9-30(10-13-8-28-18(25)6-16(13)23)21-12(4-14(27)5-15(11)21)2-3-19(31)29-35(32,33)20-7-17(24)22(26)34-20/h4-9,13,16H,2-3,10H2,1H3,(H,29,31). The van der Waals surface area contributed by atoms with Crippen LogP contribution >= 0.6 is 78.5 Å². The number of fused-ring (bicyclic) bond motifs is 1. The first-order chi connectivity index (χ1) is 16.4. The third-order valence-corrected chi connectivity index (χ3v) is 12.5. The summed E-state index contributed by atoms with van der Waals surface area (Å²) in [7, 11) is -4.11. The van der Waals surface area contributed by atoms with Gasteiger partial charge in [0.15, 0.2) is 0 Å². The average Bonchev–Trinajstić information content (AvgIpc) is 3.27. The second kappa shape index (κ2) is 11.0. The van der Waals surface area contributed by atoms with Crippen molar-refractivity contribution in [3.05, 3.63) is 59.8 Å². The lowest BCUT2D eigenvalue weighted by Crippen LogP contribution is -2.30. The number of thiophene rings is 1. The van der Waals surface area contributed by atoms with Crippen molar-refractivity contribution < 1.29 is 17.6 Å². The van der Waals surface area contributed by atoms with Crippen LogP contribution in [0.3, 0.4) is 0 Å². The van der Waals surface area contributed by atoms with Gasteiger partial charge in [0.1, 0.15) is 14.4 Å². The Morgan fingerprint density at radius 2 is 2.00 bits per heavy atom. The number of aryl methyl sites for hydroxylation is 2. The first-order valence-corrected chi connectivity index (χ1v) is 16.4. The molecule has 2 unspecified atom stereocenters. The number of halogens is 6. The lowest BCUT2D eigenvalue weighted by Gasteiger charge is -2.21. The van der Waals surface area contributed by atoms with Crippen LogP contribution in [-0.4, -0.2) is 28.3 Å². The fourth-order valence-corrected chi connectivity index (χ4v) is 10.0. The minimum absolute atomic E-state index is 0.0674. The maximum atomic E-state index is 14.4. The Morgan fingerprint density at radius 1 is 1.26 bits per heavy atom. The summed E-state index contributed by atoms with van der Waals surface area (Å²) in [5.74, 6) is -1.08. The molecule has 1 aromatic carbocycles. The molecule has 4 rings (SSSR count). The molecule has 2 atom stereocenters. The molecule has 1 aliphatic heterocycles. The summed E-state index contributed by atoms with van der Waals surface area (Å²) in [6.07, 6.45) is 3.80. The molecule has 1 amide bonds. The van der Waals surface area contributed by atoms with E-state index in [2.05, 4.69) is 4.01 Å². The number of benzene rings is 1. The Balaban J connectivity index is 1.56. The van der Waals surface area contributed by atoms with Gasteiger partial charge in [0.25, 0.3) is 10.0 Å². The van der Waals surface area contributed by atoms with Gasteiger partial charge in [-0.2, -0.15) is 0 Å². The fourth-order valence-electron chi connectivity index (χ4n) is 3.82. The number of carbonyl (C=O) groups is 1. The molecule has 0 saturated heterocycles. The fraction of sp³-hybridized carbons (Fsp3) is 0.273. The molecule has 188 valence electrons. The van der Waals surface area contributed by atoms with E-state index >= 15 is 0 Å². The molecule has 0 fully saturated rings. The maximum absolute atomic E-state index is 14.4. The van der Waals surface area contributed by atoms with E-state index in [0.717, 1.165) is 30.8 Å². The number of carbonyl (C=O) groups excluding carboxylic acids is 1. The monoisotopic (exact) mass is 708 g/mol. The zero-order valence-electron chi connectivity index (χ0n) is 18.0. The second-order valence-electron chi connectivity index (χ2n) is 7.94. The number of alkyl halides is 1. The van der Waals surface area contributed by atoms with Gasteiger partial charge in [-0.25, -0.2) is 17.5 Å². The van der Waals surface area contributed by atoms with Gasteiger partial charge >= 0.3 is 0 Å². The largest absolute Gasteiger partial charge is 0.346 e. The van der Waals surface area contributed by atoms with Crippen molar-refractivity contribution in [1.82, 2.24) is 9.29 Å². The highest BCUT2D eigenvalue weighted by Crippen LogP contribution is 2.35. The summed E-state index contributed by atoms with van der Waals surface area (Å²) in [5.41, 5.74) is 2.30. The van der Waals surface area contributed by atoms with Crippen LogP contribution in [0, 0.1) is 18.7 Å². The molecule has 35 heavy (non-hydrogen) atoms. The maximum Gasteiger partial charge on any atom is 0.273 e. The SMILES string of the molecule is Cc1cn(CC2C=IC(Cl)=CC2Cl)c2c(CCC(=O)NS(=O)(=O)c3cc(Cl)c(Cl)s3)cc(F)cc12. The lowest BCUT2D eigenvalue weighted by atomic mass is 10.0. The van der Waals surface area contributed by atoms with Crippen molar-refractivity contribution in [2.24, 2.45) is 5.92 Å². The van der Waals surface area contributed by atoms with Crippen LogP contribution < -0.4 is 4.72 Å². The Kier molecular flexibility index (Phi) is 8.57. The number of nitrogens with zero attached hydrogens (tertiary/aromatic N) is 1. The van der Waals surface area contributed by atoms with Crippen LogP contribution in [0.15, 0.2) is 37.7 Å². The minimum Gasteiger partial charge on any atom is -0.346 e. The predicted octanol–water partition coefficient (Wildman–Crippen LogP) is 6.99. The number of amides is 1. The third-order valence-electron chi connectivity index (χ3n) is 5.40. The summed E-state index contributed by atoms with van der Waals surface area (Å²) in [6, 6.07) is 4.03. The van der Waals surface area contributed by atoms with Gasteiger partial charge < -0.3 is 4.57 Å². The highest BCUT2D eigenvalue weighted by Gasteiger charge is 2.24. The molecule has 3 aromatic rings. The zero-order chi connectivity index (χ0) is 25.5. The summed E-state index contributed by atoms with van der Waals surface area (Å²) in [4.78, 5) is 12.5. The average molecular weight is 710 g/mol. The molecule has 0 radical (unpaired) electrons. The summed E-state index contributed by atoms with van der Waals surface area (Å²) >= 11 is 24.7. The van der Waals surface area contributed by atoms with Crippen molar-refractivity contribution in [3.8, 4) is 0 Å². The number of allylic oxidation sites excluding steroid dienone is 1.